The van der Waals surface area contributed by atoms with Gasteiger partial charge in [0, 0.05) is 11.8 Å². The largest absolute Gasteiger partial charge is 0.458 e. The second-order valence-corrected chi connectivity index (χ2v) is 5.94. The second kappa shape index (κ2) is 5.99. The number of anilines is 1. The van der Waals surface area contributed by atoms with E-state index in [1.807, 2.05) is 41.5 Å². The van der Waals surface area contributed by atoms with E-state index in [0.717, 1.165) is 5.69 Å². The first-order valence-electron chi connectivity index (χ1n) is 6.47. The van der Waals surface area contributed by atoms with Crippen LogP contribution in [0.25, 0.3) is 0 Å². The Bertz CT molecular complexity index is 439. The fourth-order valence-corrected chi connectivity index (χ4v) is 1.56. The van der Waals surface area contributed by atoms with Crippen LogP contribution in [0.5, 0.6) is 0 Å². The van der Waals surface area contributed by atoms with Crippen molar-refractivity contribution in [1.82, 2.24) is 9.97 Å². The van der Waals surface area contributed by atoms with Crippen LogP contribution in [0.2, 0.25) is 0 Å². The molecule has 0 spiro atoms. The van der Waals surface area contributed by atoms with E-state index in [1.165, 1.54) is 6.33 Å². The molecule has 0 unspecified atom stereocenters. The quantitative estimate of drug-likeness (QED) is 0.848. The summed E-state index contributed by atoms with van der Waals surface area (Å²) in [6.07, 6.45) is 1.48. The number of carbonyl (C=O) groups is 1. The van der Waals surface area contributed by atoms with Gasteiger partial charge in [-0.2, -0.15) is 0 Å². The Labute approximate surface area is 114 Å². The van der Waals surface area contributed by atoms with Crippen molar-refractivity contribution in [2.24, 2.45) is 5.92 Å². The van der Waals surface area contributed by atoms with Crippen molar-refractivity contribution in [3.8, 4) is 0 Å². The molecular formula is C14H23N3O2. The minimum absolute atomic E-state index is 0.102. The zero-order valence-electron chi connectivity index (χ0n) is 12.5. The van der Waals surface area contributed by atoms with Crippen LogP contribution in [-0.4, -0.2) is 27.6 Å². The fourth-order valence-electron chi connectivity index (χ4n) is 1.56. The van der Waals surface area contributed by atoms with Gasteiger partial charge in [0.05, 0.1) is 0 Å². The second-order valence-electron chi connectivity index (χ2n) is 5.94. The lowest BCUT2D eigenvalue weighted by atomic mass is 10.0. The molecule has 1 aromatic rings. The number of aryl methyl sites for hydroxylation is 1. The van der Waals surface area contributed by atoms with E-state index in [2.05, 4.69) is 15.3 Å². The Morgan fingerprint density at radius 3 is 2.42 bits per heavy atom. The van der Waals surface area contributed by atoms with Gasteiger partial charge in [0.25, 0.3) is 0 Å². The highest BCUT2D eigenvalue weighted by Gasteiger charge is 2.27. The Hall–Kier alpha value is -1.65. The number of carbonyl (C=O) groups excluding carboxylic acids is 1. The lowest BCUT2D eigenvalue weighted by molar-refractivity contribution is -0.156. The number of rotatable bonds is 4. The molecule has 0 fully saturated rings. The topological polar surface area (TPSA) is 64.1 Å². The third-order valence-corrected chi connectivity index (χ3v) is 2.43. The maximum atomic E-state index is 12.2. The van der Waals surface area contributed by atoms with Crippen molar-refractivity contribution in [2.45, 2.75) is 53.2 Å². The SMILES string of the molecule is Cc1cc(N[C@H](C(=O)OC(C)(C)C)C(C)C)ncn1. The van der Waals surface area contributed by atoms with E-state index >= 15 is 0 Å². The van der Waals surface area contributed by atoms with Crippen LogP contribution in [0.4, 0.5) is 5.82 Å². The van der Waals surface area contributed by atoms with Gasteiger partial charge in [-0.15, -0.1) is 0 Å². The molecule has 0 radical (unpaired) electrons. The van der Waals surface area contributed by atoms with E-state index < -0.39 is 11.6 Å². The molecule has 0 saturated carbocycles. The molecule has 1 heterocycles. The van der Waals surface area contributed by atoms with E-state index in [0.29, 0.717) is 5.82 Å². The molecule has 5 nitrogen and oxygen atoms in total. The van der Waals surface area contributed by atoms with E-state index in [-0.39, 0.29) is 11.9 Å². The smallest absolute Gasteiger partial charge is 0.329 e. The minimum Gasteiger partial charge on any atom is -0.458 e. The lowest BCUT2D eigenvalue weighted by Gasteiger charge is -2.26. The maximum absolute atomic E-state index is 12.2. The van der Waals surface area contributed by atoms with Crippen molar-refractivity contribution < 1.29 is 9.53 Å². The molecule has 0 aliphatic rings. The third-order valence-electron chi connectivity index (χ3n) is 2.43. The summed E-state index contributed by atoms with van der Waals surface area (Å²) < 4.78 is 5.42. The van der Waals surface area contributed by atoms with Crippen LogP contribution in [-0.2, 0) is 9.53 Å². The summed E-state index contributed by atoms with van der Waals surface area (Å²) in [5, 5.41) is 3.12. The summed E-state index contributed by atoms with van der Waals surface area (Å²) in [6, 6.07) is 1.38. The number of aromatic nitrogens is 2. The minimum atomic E-state index is -0.493. The molecule has 1 aromatic heterocycles. The molecule has 0 bridgehead atoms. The monoisotopic (exact) mass is 265 g/mol. The van der Waals surface area contributed by atoms with Gasteiger partial charge in [-0.05, 0) is 33.6 Å². The Morgan fingerprint density at radius 2 is 1.95 bits per heavy atom. The molecule has 0 aliphatic carbocycles. The Balaban J connectivity index is 2.81. The van der Waals surface area contributed by atoms with Crippen molar-refractivity contribution >= 4 is 11.8 Å². The normalized spacial score (nSPS) is 13.2. The van der Waals surface area contributed by atoms with Crippen molar-refractivity contribution in [3.63, 3.8) is 0 Å². The summed E-state index contributed by atoms with van der Waals surface area (Å²) in [5.74, 6) is 0.473. The van der Waals surface area contributed by atoms with Crippen molar-refractivity contribution in [1.29, 1.82) is 0 Å². The highest BCUT2D eigenvalue weighted by atomic mass is 16.6. The number of nitrogens with one attached hydrogen (secondary N) is 1. The fraction of sp³-hybridized carbons (Fsp3) is 0.643. The molecule has 0 aliphatic heterocycles. The molecule has 0 amide bonds. The molecule has 5 heteroatoms. The van der Waals surface area contributed by atoms with Gasteiger partial charge in [-0.1, -0.05) is 13.8 Å². The first kappa shape index (κ1) is 15.4. The highest BCUT2D eigenvalue weighted by Crippen LogP contribution is 2.16. The number of hydrogen-bond acceptors (Lipinski definition) is 5. The van der Waals surface area contributed by atoms with Crippen molar-refractivity contribution in [2.75, 3.05) is 5.32 Å². The molecule has 19 heavy (non-hydrogen) atoms. The summed E-state index contributed by atoms with van der Waals surface area (Å²) in [6.45, 7) is 11.4. The van der Waals surface area contributed by atoms with E-state index in [4.69, 9.17) is 4.74 Å². The van der Waals surface area contributed by atoms with Crippen LogP contribution in [0, 0.1) is 12.8 Å². The molecule has 0 aromatic carbocycles. The van der Waals surface area contributed by atoms with Gasteiger partial charge >= 0.3 is 5.97 Å². The van der Waals surface area contributed by atoms with Gasteiger partial charge in [0.15, 0.2) is 0 Å². The lowest BCUT2D eigenvalue weighted by Crippen LogP contribution is -2.40. The van der Waals surface area contributed by atoms with Gasteiger partial charge in [-0.25, -0.2) is 14.8 Å². The predicted molar refractivity (Wildman–Crippen MR) is 74.9 cm³/mol. The summed E-state index contributed by atoms with van der Waals surface area (Å²) in [7, 11) is 0. The average molecular weight is 265 g/mol. The highest BCUT2D eigenvalue weighted by molar-refractivity contribution is 5.79. The molecule has 0 saturated heterocycles. The van der Waals surface area contributed by atoms with Crippen LogP contribution < -0.4 is 5.32 Å². The number of nitrogens with zero attached hydrogens (tertiary/aromatic N) is 2. The molecular weight excluding hydrogens is 242 g/mol. The molecule has 1 rings (SSSR count). The van der Waals surface area contributed by atoms with Gasteiger partial charge in [0.2, 0.25) is 0 Å². The Kier molecular flexibility index (Phi) is 4.86. The summed E-state index contributed by atoms with van der Waals surface area (Å²) in [4.78, 5) is 20.3. The molecule has 1 N–H and O–H groups in total. The summed E-state index contributed by atoms with van der Waals surface area (Å²) >= 11 is 0. The van der Waals surface area contributed by atoms with Gasteiger partial charge in [-0.3, -0.25) is 0 Å². The first-order valence-corrected chi connectivity index (χ1v) is 6.47. The van der Waals surface area contributed by atoms with Gasteiger partial charge in [0.1, 0.15) is 23.8 Å². The van der Waals surface area contributed by atoms with Gasteiger partial charge < -0.3 is 10.1 Å². The van der Waals surface area contributed by atoms with Crippen LogP contribution in [0.1, 0.15) is 40.3 Å². The standard InChI is InChI=1S/C14H23N3O2/c1-9(2)12(13(18)19-14(4,5)6)17-11-7-10(3)15-8-16-11/h7-9,12H,1-6H3,(H,15,16,17)/t12-/m0/s1. The Morgan fingerprint density at radius 1 is 1.32 bits per heavy atom. The van der Waals surface area contributed by atoms with Crippen LogP contribution >= 0.6 is 0 Å². The van der Waals surface area contributed by atoms with Crippen LogP contribution in [0.3, 0.4) is 0 Å². The van der Waals surface area contributed by atoms with Crippen LogP contribution in [0.15, 0.2) is 12.4 Å². The molecule has 1 atom stereocenters. The van der Waals surface area contributed by atoms with Crippen molar-refractivity contribution in [3.05, 3.63) is 18.1 Å². The average Bonchev–Trinajstić information content (AvgIpc) is 2.23. The maximum Gasteiger partial charge on any atom is 0.329 e. The predicted octanol–water partition coefficient (Wildman–Crippen LogP) is 2.56. The third kappa shape index (κ3) is 5.24. The molecule has 106 valence electrons. The first-order chi connectivity index (χ1) is 8.69. The zero-order chi connectivity index (χ0) is 14.6. The zero-order valence-corrected chi connectivity index (χ0v) is 12.5. The number of hydrogen-bond donors (Lipinski definition) is 1. The number of ether oxygens (including phenoxy) is 1. The summed E-state index contributed by atoms with van der Waals surface area (Å²) in [5.41, 5.74) is 0.359. The van der Waals surface area contributed by atoms with E-state index in [9.17, 15) is 4.79 Å². The number of esters is 1. The van der Waals surface area contributed by atoms with E-state index in [1.54, 1.807) is 6.07 Å².